The van der Waals surface area contributed by atoms with Gasteiger partial charge in [-0.15, -0.1) is 0 Å². The Bertz CT molecular complexity index is 1800. The van der Waals surface area contributed by atoms with Crippen molar-refractivity contribution in [1.82, 2.24) is 36.1 Å². The number of phenols is 1. The number of amides is 5. The number of imidazole rings is 1. The molecule has 3 aromatic rings. The van der Waals surface area contributed by atoms with E-state index in [1.807, 2.05) is 19.9 Å². The predicted molar refractivity (Wildman–Crippen MR) is 211 cm³/mol. The van der Waals surface area contributed by atoms with Gasteiger partial charge in [0, 0.05) is 44.2 Å². The van der Waals surface area contributed by atoms with Gasteiger partial charge in [0.2, 0.25) is 29.5 Å². The maximum atomic E-state index is 14.3. The molecule has 308 valence electrons. The quantitative estimate of drug-likeness (QED) is 0.0818. The number of hydrogen-bond donors (Lipinski definition) is 8. The molecule has 5 amide bonds. The highest BCUT2D eigenvalue weighted by molar-refractivity contribution is 5.95. The van der Waals surface area contributed by atoms with E-state index in [-0.39, 0.29) is 49.9 Å². The standard InChI is InChI=1S/C41H56N8O8/c1-24(2)17-28(21-44-37(52)31(46-39(54)35(42)25(3)4)18-27-12-14-30(50)15-13-27)36(51)47-32(20-29-22-43-23-45-29)40(55)49-16-8-11-34(49)38(53)48-33(41(56)57)19-26-9-6-5-7-10-26/h5-7,9-10,12-15,22-25,28,31-35,50H,8,11,16-21,42H2,1-4H3,(H,43,45)(H,44,52)(H,46,54)(H,47,51)(H,48,53)(H,56,57)/t28?,31-,32-,33-,34-,35-/m0/s1. The zero-order chi connectivity index (χ0) is 41.6. The Hall–Kier alpha value is -5.77. The molecule has 57 heavy (non-hydrogen) atoms. The Labute approximate surface area is 332 Å². The number of aromatic amines is 1. The van der Waals surface area contributed by atoms with Crippen LogP contribution in [0, 0.1) is 17.8 Å². The lowest BCUT2D eigenvalue weighted by molar-refractivity contribution is -0.145. The van der Waals surface area contributed by atoms with Crippen LogP contribution in [-0.4, -0.2) is 104 Å². The molecule has 1 unspecified atom stereocenters. The number of phenolic OH excluding ortho intramolecular Hbond substituents is 1. The zero-order valence-corrected chi connectivity index (χ0v) is 32.9. The van der Waals surface area contributed by atoms with Gasteiger partial charge in [0.25, 0.3) is 0 Å². The number of nitrogens with zero attached hydrogens (tertiary/aromatic N) is 2. The number of hydrogen-bond acceptors (Lipinski definition) is 9. The van der Waals surface area contributed by atoms with E-state index in [0.29, 0.717) is 30.5 Å². The molecule has 2 heterocycles. The highest BCUT2D eigenvalue weighted by Crippen LogP contribution is 2.21. The largest absolute Gasteiger partial charge is 0.508 e. The fourth-order valence-electron chi connectivity index (χ4n) is 6.77. The van der Waals surface area contributed by atoms with Crippen LogP contribution in [0.15, 0.2) is 67.1 Å². The maximum absolute atomic E-state index is 14.3. The Morgan fingerprint density at radius 1 is 0.842 bits per heavy atom. The zero-order valence-electron chi connectivity index (χ0n) is 32.9. The van der Waals surface area contributed by atoms with E-state index in [9.17, 15) is 39.0 Å². The summed E-state index contributed by atoms with van der Waals surface area (Å²) in [4.78, 5) is 89.1. The number of nitrogens with two attached hydrogens (primary N) is 1. The molecule has 0 radical (unpaired) electrons. The molecule has 1 aromatic heterocycles. The Balaban J connectivity index is 1.50. The van der Waals surface area contributed by atoms with E-state index in [1.165, 1.54) is 29.6 Å². The minimum atomic E-state index is -1.22. The van der Waals surface area contributed by atoms with Gasteiger partial charge >= 0.3 is 5.97 Å². The molecule has 1 aliphatic heterocycles. The van der Waals surface area contributed by atoms with Crippen LogP contribution < -0.4 is 27.0 Å². The molecule has 0 bridgehead atoms. The number of carboxylic acids is 1. The summed E-state index contributed by atoms with van der Waals surface area (Å²) in [6.45, 7) is 7.54. The molecule has 0 saturated carbocycles. The summed E-state index contributed by atoms with van der Waals surface area (Å²) in [7, 11) is 0. The molecule has 1 saturated heterocycles. The van der Waals surface area contributed by atoms with E-state index >= 15 is 0 Å². The average molecular weight is 789 g/mol. The molecular formula is C41H56N8O8. The van der Waals surface area contributed by atoms with E-state index in [2.05, 4.69) is 31.2 Å². The number of carboxylic acid groups (broad SMARTS) is 1. The highest BCUT2D eigenvalue weighted by atomic mass is 16.4. The summed E-state index contributed by atoms with van der Waals surface area (Å²) in [6, 6.07) is 9.93. The van der Waals surface area contributed by atoms with Gasteiger partial charge in [-0.1, -0.05) is 70.2 Å². The van der Waals surface area contributed by atoms with Gasteiger partial charge < -0.3 is 47.1 Å². The number of H-pyrrole nitrogens is 1. The number of aromatic hydroxyl groups is 1. The number of benzene rings is 2. The fraction of sp³-hybridized carbons (Fsp3) is 0.488. The van der Waals surface area contributed by atoms with Crippen molar-refractivity contribution in [3.63, 3.8) is 0 Å². The number of carbonyl (C=O) groups is 6. The summed E-state index contributed by atoms with van der Waals surface area (Å²) >= 11 is 0. The summed E-state index contributed by atoms with van der Waals surface area (Å²) in [5.41, 5.74) is 8.04. The van der Waals surface area contributed by atoms with Crippen molar-refractivity contribution in [2.45, 2.75) is 96.4 Å². The minimum absolute atomic E-state index is 0.0145. The lowest BCUT2D eigenvalue weighted by atomic mass is 9.95. The minimum Gasteiger partial charge on any atom is -0.508 e. The van der Waals surface area contributed by atoms with Crippen molar-refractivity contribution in [2.75, 3.05) is 13.1 Å². The van der Waals surface area contributed by atoms with Crippen LogP contribution >= 0.6 is 0 Å². The van der Waals surface area contributed by atoms with Crippen molar-refractivity contribution in [3.8, 4) is 5.75 Å². The van der Waals surface area contributed by atoms with Gasteiger partial charge in [0.05, 0.1) is 18.3 Å². The number of aromatic nitrogens is 2. The van der Waals surface area contributed by atoms with Crippen molar-refractivity contribution in [3.05, 3.63) is 83.9 Å². The first-order valence-electron chi connectivity index (χ1n) is 19.4. The van der Waals surface area contributed by atoms with Crippen molar-refractivity contribution in [2.24, 2.45) is 23.5 Å². The summed E-state index contributed by atoms with van der Waals surface area (Å²) in [6.07, 6.45) is 4.31. The van der Waals surface area contributed by atoms with Crippen LogP contribution in [0.1, 0.15) is 63.8 Å². The first kappa shape index (κ1) is 44.0. The Morgan fingerprint density at radius 2 is 1.49 bits per heavy atom. The van der Waals surface area contributed by atoms with Crippen LogP contribution in [0.25, 0.3) is 0 Å². The lowest BCUT2D eigenvalue weighted by Gasteiger charge is -2.30. The first-order valence-corrected chi connectivity index (χ1v) is 19.4. The van der Waals surface area contributed by atoms with Gasteiger partial charge in [-0.3, -0.25) is 24.0 Å². The number of nitrogens with one attached hydrogen (secondary N) is 5. The molecule has 6 atom stereocenters. The first-order chi connectivity index (χ1) is 27.1. The van der Waals surface area contributed by atoms with E-state index < -0.39 is 71.6 Å². The summed E-state index contributed by atoms with van der Waals surface area (Å²) in [5.74, 6) is -4.80. The second-order valence-electron chi connectivity index (χ2n) is 15.4. The molecule has 9 N–H and O–H groups in total. The van der Waals surface area contributed by atoms with Gasteiger partial charge in [-0.05, 0) is 54.4 Å². The van der Waals surface area contributed by atoms with Gasteiger partial charge in [0.1, 0.15) is 29.9 Å². The van der Waals surface area contributed by atoms with E-state index in [0.717, 1.165) is 5.56 Å². The Morgan fingerprint density at radius 3 is 2.11 bits per heavy atom. The third-order valence-corrected chi connectivity index (χ3v) is 10.0. The third kappa shape index (κ3) is 13.2. The molecule has 1 fully saturated rings. The number of aliphatic carboxylic acids is 1. The van der Waals surface area contributed by atoms with Crippen molar-refractivity contribution >= 4 is 35.5 Å². The summed E-state index contributed by atoms with van der Waals surface area (Å²) in [5, 5.41) is 30.7. The van der Waals surface area contributed by atoms with Crippen molar-refractivity contribution in [1.29, 1.82) is 0 Å². The number of likely N-dealkylation sites (tertiary alicyclic amines) is 1. The number of rotatable bonds is 20. The van der Waals surface area contributed by atoms with E-state index in [1.54, 1.807) is 50.2 Å². The molecule has 16 heteroatoms. The molecule has 1 aliphatic rings. The molecular weight excluding hydrogens is 732 g/mol. The Kier molecular flexibility index (Phi) is 16.2. The molecule has 0 spiro atoms. The van der Waals surface area contributed by atoms with Crippen LogP contribution in [0.4, 0.5) is 0 Å². The second kappa shape index (κ2) is 20.9. The fourth-order valence-corrected chi connectivity index (χ4v) is 6.77. The predicted octanol–water partition coefficient (Wildman–Crippen LogP) is 1.44. The smallest absolute Gasteiger partial charge is 0.326 e. The average Bonchev–Trinajstić information content (AvgIpc) is 3.89. The molecule has 2 aromatic carbocycles. The van der Waals surface area contributed by atoms with Gasteiger partial charge in [-0.2, -0.15) is 0 Å². The van der Waals surface area contributed by atoms with E-state index in [4.69, 9.17) is 5.73 Å². The van der Waals surface area contributed by atoms with Crippen LogP contribution in [0.5, 0.6) is 5.75 Å². The molecule has 16 nitrogen and oxygen atoms in total. The maximum Gasteiger partial charge on any atom is 0.326 e. The summed E-state index contributed by atoms with van der Waals surface area (Å²) < 4.78 is 0. The van der Waals surface area contributed by atoms with Gasteiger partial charge in [-0.25, -0.2) is 9.78 Å². The second-order valence-corrected chi connectivity index (χ2v) is 15.4. The monoisotopic (exact) mass is 788 g/mol. The SMILES string of the molecule is CC(C)CC(CNC(=O)[C@H](Cc1ccc(O)cc1)NC(=O)[C@@H](N)C(C)C)C(=O)N[C@@H](Cc1cnc[nH]1)C(=O)N1CCC[C@H]1C(=O)N[C@@H](Cc1ccccc1)C(=O)O. The molecule has 4 rings (SSSR count). The molecule has 0 aliphatic carbocycles. The lowest BCUT2D eigenvalue weighted by Crippen LogP contribution is -2.57. The number of carbonyl (C=O) groups excluding carboxylic acids is 5. The highest BCUT2D eigenvalue weighted by Gasteiger charge is 2.40. The topological polar surface area (TPSA) is 249 Å². The third-order valence-electron chi connectivity index (χ3n) is 10.0. The van der Waals surface area contributed by atoms with Crippen LogP contribution in [-0.2, 0) is 48.0 Å². The van der Waals surface area contributed by atoms with Crippen molar-refractivity contribution < 1.29 is 39.0 Å². The van der Waals surface area contributed by atoms with Crippen LogP contribution in [0.3, 0.4) is 0 Å². The normalized spacial score (nSPS) is 16.6. The van der Waals surface area contributed by atoms with Crippen LogP contribution in [0.2, 0.25) is 0 Å². The van der Waals surface area contributed by atoms with Gasteiger partial charge in [0.15, 0.2) is 0 Å².